The minimum atomic E-state index is -0.335. The van der Waals surface area contributed by atoms with Crippen LogP contribution in [0.3, 0.4) is 0 Å². The fraction of sp³-hybridized carbons (Fsp3) is 0.0370. The predicted molar refractivity (Wildman–Crippen MR) is 132 cm³/mol. The van der Waals surface area contributed by atoms with Crippen molar-refractivity contribution in [3.05, 3.63) is 107 Å². The molecule has 5 nitrogen and oxygen atoms in total. The maximum absolute atomic E-state index is 12.9. The summed E-state index contributed by atoms with van der Waals surface area (Å²) in [5, 5.41) is 8.88. The van der Waals surface area contributed by atoms with E-state index >= 15 is 0 Å². The first kappa shape index (κ1) is 20.8. The van der Waals surface area contributed by atoms with Crippen LogP contribution in [0.2, 0.25) is 5.02 Å². The van der Waals surface area contributed by atoms with Crippen LogP contribution in [0.15, 0.2) is 89.3 Å². The van der Waals surface area contributed by atoms with E-state index in [1.54, 1.807) is 30.3 Å². The fourth-order valence-electron chi connectivity index (χ4n) is 3.83. The Bertz CT molecular complexity index is 1500. The molecule has 5 rings (SSSR count). The van der Waals surface area contributed by atoms with Crippen LogP contribution in [0.1, 0.15) is 26.5 Å². The largest absolute Gasteiger partial charge is 0.451 e. The van der Waals surface area contributed by atoms with E-state index in [0.717, 1.165) is 21.7 Å². The molecular weight excluding hydrogens is 436 g/mol. The highest BCUT2D eigenvalue weighted by Gasteiger charge is 2.15. The third-order valence-corrected chi connectivity index (χ3v) is 5.82. The van der Waals surface area contributed by atoms with Gasteiger partial charge in [-0.2, -0.15) is 0 Å². The summed E-state index contributed by atoms with van der Waals surface area (Å²) in [5.41, 5.74) is 3.26. The highest BCUT2D eigenvalue weighted by atomic mass is 35.5. The molecule has 1 aromatic heterocycles. The number of amides is 2. The number of halogens is 1. The Balaban J connectivity index is 1.34. The van der Waals surface area contributed by atoms with Crippen molar-refractivity contribution < 1.29 is 14.0 Å². The Labute approximate surface area is 195 Å². The zero-order valence-corrected chi connectivity index (χ0v) is 18.4. The molecular formula is C27H19ClN2O3. The number of anilines is 2. The van der Waals surface area contributed by atoms with Crippen molar-refractivity contribution >= 4 is 56.5 Å². The van der Waals surface area contributed by atoms with Crippen LogP contribution in [0.25, 0.3) is 21.7 Å². The van der Waals surface area contributed by atoms with E-state index in [2.05, 4.69) is 10.6 Å². The molecule has 6 heteroatoms. The molecule has 2 amide bonds. The van der Waals surface area contributed by atoms with Gasteiger partial charge in [-0.15, -0.1) is 0 Å². The summed E-state index contributed by atoms with van der Waals surface area (Å²) in [6.45, 7) is 1.86. The van der Waals surface area contributed by atoms with Crippen molar-refractivity contribution in [3.63, 3.8) is 0 Å². The first-order chi connectivity index (χ1) is 16.0. The van der Waals surface area contributed by atoms with Crippen LogP contribution in [-0.2, 0) is 0 Å². The number of hydrogen-bond donors (Lipinski definition) is 2. The van der Waals surface area contributed by atoms with Crippen LogP contribution >= 0.6 is 11.6 Å². The molecule has 0 bridgehead atoms. The summed E-state index contributed by atoms with van der Waals surface area (Å²) >= 11 is 6.27. The monoisotopic (exact) mass is 454 g/mol. The molecule has 0 fully saturated rings. The van der Waals surface area contributed by atoms with Gasteiger partial charge < -0.3 is 15.1 Å². The number of carbonyl (C=O) groups excluding carboxylic acids is 2. The molecule has 2 N–H and O–H groups in total. The highest BCUT2D eigenvalue weighted by Crippen LogP contribution is 2.27. The van der Waals surface area contributed by atoms with Gasteiger partial charge in [-0.05, 0) is 60.3 Å². The molecule has 0 aliphatic rings. The minimum Gasteiger partial charge on any atom is -0.451 e. The molecule has 0 atom stereocenters. The quantitative estimate of drug-likeness (QED) is 0.305. The summed E-state index contributed by atoms with van der Waals surface area (Å²) in [5.74, 6) is -0.331. The third-order valence-electron chi connectivity index (χ3n) is 5.50. The van der Waals surface area contributed by atoms with Crippen molar-refractivity contribution in [1.29, 1.82) is 0 Å². The van der Waals surface area contributed by atoms with E-state index in [-0.39, 0.29) is 17.6 Å². The number of para-hydroxylation sites is 1. The van der Waals surface area contributed by atoms with Crippen LogP contribution in [0.5, 0.6) is 0 Å². The number of aryl methyl sites for hydroxylation is 1. The molecule has 5 aromatic rings. The van der Waals surface area contributed by atoms with Gasteiger partial charge >= 0.3 is 0 Å². The van der Waals surface area contributed by atoms with Crippen LogP contribution in [0.4, 0.5) is 11.4 Å². The Morgan fingerprint density at radius 1 is 0.788 bits per heavy atom. The number of rotatable bonds is 4. The van der Waals surface area contributed by atoms with E-state index in [1.807, 2.05) is 61.5 Å². The molecule has 4 aromatic carbocycles. The Morgan fingerprint density at radius 3 is 2.39 bits per heavy atom. The molecule has 0 saturated heterocycles. The highest BCUT2D eigenvalue weighted by molar-refractivity contribution is 6.36. The van der Waals surface area contributed by atoms with Gasteiger partial charge in [0.2, 0.25) is 0 Å². The molecule has 0 radical (unpaired) electrons. The van der Waals surface area contributed by atoms with E-state index in [0.29, 0.717) is 27.5 Å². The first-order valence-electron chi connectivity index (χ1n) is 10.4. The zero-order chi connectivity index (χ0) is 22.9. The number of hydrogen-bond acceptors (Lipinski definition) is 3. The zero-order valence-electron chi connectivity index (χ0n) is 17.7. The molecule has 162 valence electrons. The summed E-state index contributed by atoms with van der Waals surface area (Å²) in [7, 11) is 0. The molecule has 0 aliphatic heterocycles. The fourth-order valence-corrected chi connectivity index (χ4v) is 4.06. The number of nitrogens with one attached hydrogen (secondary N) is 2. The average Bonchev–Trinajstić information content (AvgIpc) is 3.25. The second-order valence-corrected chi connectivity index (χ2v) is 8.13. The maximum Gasteiger partial charge on any atom is 0.291 e. The molecule has 0 unspecified atom stereocenters. The van der Waals surface area contributed by atoms with Gasteiger partial charge in [0, 0.05) is 32.7 Å². The van der Waals surface area contributed by atoms with Gasteiger partial charge in [0.1, 0.15) is 5.58 Å². The number of fused-ring (bicyclic) bond motifs is 2. The van der Waals surface area contributed by atoms with Crippen LogP contribution < -0.4 is 10.6 Å². The van der Waals surface area contributed by atoms with Gasteiger partial charge in [0.05, 0.1) is 0 Å². The Kier molecular flexibility index (Phi) is 5.32. The van der Waals surface area contributed by atoms with E-state index in [9.17, 15) is 9.59 Å². The van der Waals surface area contributed by atoms with Gasteiger partial charge in [0.15, 0.2) is 5.76 Å². The average molecular weight is 455 g/mol. The molecule has 0 aliphatic carbocycles. The lowest BCUT2D eigenvalue weighted by molar-refractivity contribution is 0.0996. The van der Waals surface area contributed by atoms with E-state index in [4.69, 9.17) is 16.0 Å². The molecule has 0 saturated carbocycles. The smallest absolute Gasteiger partial charge is 0.291 e. The van der Waals surface area contributed by atoms with Crippen molar-refractivity contribution in [1.82, 2.24) is 0 Å². The van der Waals surface area contributed by atoms with Gasteiger partial charge in [-0.25, -0.2) is 0 Å². The van der Waals surface area contributed by atoms with E-state index < -0.39 is 0 Å². The van der Waals surface area contributed by atoms with Crippen molar-refractivity contribution in [2.24, 2.45) is 0 Å². The Hall–Kier alpha value is -4.09. The lowest BCUT2D eigenvalue weighted by Gasteiger charge is -2.12. The summed E-state index contributed by atoms with van der Waals surface area (Å²) in [4.78, 5) is 25.6. The van der Waals surface area contributed by atoms with Crippen LogP contribution in [0, 0.1) is 6.92 Å². The van der Waals surface area contributed by atoms with Crippen molar-refractivity contribution in [3.8, 4) is 0 Å². The minimum absolute atomic E-state index is 0.235. The summed E-state index contributed by atoms with van der Waals surface area (Å²) in [6.07, 6.45) is 0. The standard InChI is InChI=1S/C27H19ClN2O3/c1-16-14-18(29-26(31)21-9-4-8-20-19(21)7-5-10-22(20)28)12-13-23(16)30-27(32)25-15-17-6-2-3-11-24(17)33-25/h2-15H,1H3,(H,29,31)(H,30,32). The number of carbonyl (C=O) groups is 2. The lowest BCUT2D eigenvalue weighted by Crippen LogP contribution is -2.14. The second-order valence-electron chi connectivity index (χ2n) is 7.73. The van der Waals surface area contributed by atoms with Gasteiger partial charge in [-0.1, -0.05) is 54.1 Å². The van der Waals surface area contributed by atoms with E-state index in [1.165, 1.54) is 0 Å². The third kappa shape index (κ3) is 4.06. The van der Waals surface area contributed by atoms with Crippen LogP contribution in [-0.4, -0.2) is 11.8 Å². The first-order valence-corrected chi connectivity index (χ1v) is 10.8. The SMILES string of the molecule is Cc1cc(NC(=O)c2cccc3c(Cl)cccc23)ccc1NC(=O)c1cc2ccccc2o1. The second kappa shape index (κ2) is 8.45. The maximum atomic E-state index is 12.9. The van der Waals surface area contributed by atoms with Crippen molar-refractivity contribution in [2.75, 3.05) is 10.6 Å². The van der Waals surface area contributed by atoms with Gasteiger partial charge in [0.25, 0.3) is 11.8 Å². The van der Waals surface area contributed by atoms with Crippen molar-refractivity contribution in [2.45, 2.75) is 6.92 Å². The van der Waals surface area contributed by atoms with Gasteiger partial charge in [-0.3, -0.25) is 9.59 Å². The predicted octanol–water partition coefficient (Wildman–Crippen LogP) is 7.05. The molecule has 33 heavy (non-hydrogen) atoms. The topological polar surface area (TPSA) is 71.3 Å². The molecule has 1 heterocycles. The summed E-state index contributed by atoms with van der Waals surface area (Å²) in [6, 6.07) is 25.4. The number of benzene rings is 4. The Morgan fingerprint density at radius 2 is 1.58 bits per heavy atom. The summed E-state index contributed by atoms with van der Waals surface area (Å²) < 4.78 is 5.63. The lowest BCUT2D eigenvalue weighted by atomic mass is 10.0. The molecule has 0 spiro atoms. The number of furan rings is 1. The normalized spacial score (nSPS) is 11.0.